The van der Waals surface area contributed by atoms with Crippen LogP contribution in [0, 0.1) is 12.3 Å². The van der Waals surface area contributed by atoms with E-state index in [0.717, 1.165) is 38.0 Å². The molecule has 0 aliphatic rings. The van der Waals surface area contributed by atoms with Crippen LogP contribution in [0.25, 0.3) is 0 Å². The molecule has 0 atom stereocenters. The van der Waals surface area contributed by atoms with Gasteiger partial charge in [0.1, 0.15) is 5.75 Å². The largest absolute Gasteiger partial charge is 0.494 e. The minimum absolute atomic E-state index is 0.786. The fourth-order valence-corrected chi connectivity index (χ4v) is 1.41. The molecular formula is C14H18O. The molecule has 0 radical (unpaired) electrons. The van der Waals surface area contributed by atoms with Crippen molar-refractivity contribution < 1.29 is 4.74 Å². The summed E-state index contributed by atoms with van der Waals surface area (Å²) in [6, 6.07) is 8.26. The maximum Gasteiger partial charge on any atom is 0.119 e. The Morgan fingerprint density at radius 1 is 1.40 bits per heavy atom. The van der Waals surface area contributed by atoms with Gasteiger partial charge in [0.05, 0.1) is 6.61 Å². The first-order valence-corrected chi connectivity index (χ1v) is 5.52. The highest BCUT2D eigenvalue weighted by Crippen LogP contribution is 2.15. The maximum atomic E-state index is 5.56. The summed E-state index contributed by atoms with van der Waals surface area (Å²) < 4.78 is 5.56. The average molecular weight is 202 g/mol. The quantitative estimate of drug-likeness (QED) is 0.507. The van der Waals surface area contributed by atoms with Crippen LogP contribution >= 0.6 is 0 Å². The van der Waals surface area contributed by atoms with E-state index in [1.807, 2.05) is 12.1 Å². The van der Waals surface area contributed by atoms with Gasteiger partial charge in [0, 0.05) is 6.42 Å². The summed E-state index contributed by atoms with van der Waals surface area (Å²) in [7, 11) is 0. The van der Waals surface area contributed by atoms with Crippen molar-refractivity contribution in [3.63, 3.8) is 0 Å². The van der Waals surface area contributed by atoms with Gasteiger partial charge in [0.25, 0.3) is 0 Å². The van der Waals surface area contributed by atoms with E-state index in [1.54, 1.807) is 0 Å². The van der Waals surface area contributed by atoms with Crippen molar-refractivity contribution in [2.24, 2.45) is 0 Å². The number of aryl methyl sites for hydroxylation is 1. The summed E-state index contributed by atoms with van der Waals surface area (Å²) >= 11 is 0. The number of terminal acetylenes is 1. The molecule has 1 heteroatoms. The van der Waals surface area contributed by atoms with Gasteiger partial charge in [0.15, 0.2) is 0 Å². The number of hydrogen-bond donors (Lipinski definition) is 0. The van der Waals surface area contributed by atoms with Gasteiger partial charge >= 0.3 is 0 Å². The lowest BCUT2D eigenvalue weighted by atomic mass is 10.1. The molecule has 1 rings (SSSR count). The highest BCUT2D eigenvalue weighted by Gasteiger charge is 1.96. The number of ether oxygens (including phenoxy) is 1. The molecule has 0 N–H and O–H groups in total. The second-order valence-corrected chi connectivity index (χ2v) is 3.55. The van der Waals surface area contributed by atoms with Gasteiger partial charge in [-0.25, -0.2) is 0 Å². The van der Waals surface area contributed by atoms with Crippen LogP contribution in [0.3, 0.4) is 0 Å². The zero-order chi connectivity index (χ0) is 10.9. The van der Waals surface area contributed by atoms with Gasteiger partial charge < -0.3 is 4.74 Å². The highest BCUT2D eigenvalue weighted by atomic mass is 16.5. The van der Waals surface area contributed by atoms with E-state index >= 15 is 0 Å². The predicted octanol–water partition coefficient (Wildman–Crippen LogP) is 3.43. The van der Waals surface area contributed by atoms with Crippen molar-refractivity contribution in [1.29, 1.82) is 0 Å². The number of benzene rings is 1. The third-order valence-electron chi connectivity index (χ3n) is 2.16. The first kappa shape index (κ1) is 11.7. The SMILES string of the molecule is C#CCCCc1cccc(OCCC)c1. The molecule has 0 heterocycles. The molecule has 0 saturated carbocycles. The zero-order valence-corrected chi connectivity index (χ0v) is 9.33. The van der Waals surface area contributed by atoms with Crippen LogP contribution < -0.4 is 4.74 Å². The Morgan fingerprint density at radius 2 is 2.27 bits per heavy atom. The van der Waals surface area contributed by atoms with Crippen LogP contribution in [0.2, 0.25) is 0 Å². The Hall–Kier alpha value is -1.42. The number of unbranched alkanes of at least 4 members (excludes halogenated alkanes) is 1. The first-order chi connectivity index (χ1) is 7.36. The summed E-state index contributed by atoms with van der Waals surface area (Å²) in [5, 5.41) is 0. The van der Waals surface area contributed by atoms with Crippen LogP contribution in [0.1, 0.15) is 31.7 Å². The van der Waals surface area contributed by atoms with Gasteiger partial charge in [-0.3, -0.25) is 0 Å². The van der Waals surface area contributed by atoms with Crippen molar-refractivity contribution in [2.75, 3.05) is 6.61 Å². The molecule has 1 aromatic rings. The average Bonchev–Trinajstić information content (AvgIpc) is 2.27. The van der Waals surface area contributed by atoms with E-state index in [0.29, 0.717) is 0 Å². The van der Waals surface area contributed by atoms with Crippen molar-refractivity contribution in [3.05, 3.63) is 29.8 Å². The molecule has 0 aromatic heterocycles. The topological polar surface area (TPSA) is 9.23 Å². The maximum absolute atomic E-state index is 5.56. The third kappa shape index (κ3) is 4.56. The Morgan fingerprint density at radius 3 is 3.00 bits per heavy atom. The van der Waals surface area contributed by atoms with E-state index in [2.05, 4.69) is 25.0 Å². The fourth-order valence-electron chi connectivity index (χ4n) is 1.41. The van der Waals surface area contributed by atoms with Crippen LogP contribution in [0.5, 0.6) is 5.75 Å². The van der Waals surface area contributed by atoms with E-state index in [1.165, 1.54) is 5.56 Å². The van der Waals surface area contributed by atoms with Crippen LogP contribution in [-0.4, -0.2) is 6.61 Å². The Bertz CT molecular complexity index is 322. The summed E-state index contributed by atoms with van der Waals surface area (Å²) in [5.74, 6) is 3.62. The molecule has 15 heavy (non-hydrogen) atoms. The predicted molar refractivity (Wildman–Crippen MR) is 64.0 cm³/mol. The molecule has 0 amide bonds. The second kappa shape index (κ2) is 6.95. The summed E-state index contributed by atoms with van der Waals surface area (Å²) in [6.45, 7) is 2.89. The minimum atomic E-state index is 0.786. The van der Waals surface area contributed by atoms with Gasteiger partial charge in [-0.15, -0.1) is 12.3 Å². The lowest BCUT2D eigenvalue weighted by Gasteiger charge is -2.06. The molecule has 80 valence electrons. The van der Waals surface area contributed by atoms with Crippen LogP contribution in [0.4, 0.5) is 0 Å². The van der Waals surface area contributed by atoms with E-state index in [-0.39, 0.29) is 0 Å². The van der Waals surface area contributed by atoms with Crippen molar-refractivity contribution in [2.45, 2.75) is 32.6 Å². The monoisotopic (exact) mass is 202 g/mol. The number of hydrogen-bond acceptors (Lipinski definition) is 1. The molecular weight excluding hydrogens is 184 g/mol. The Kier molecular flexibility index (Phi) is 5.40. The van der Waals surface area contributed by atoms with Gasteiger partial charge in [-0.2, -0.15) is 0 Å². The van der Waals surface area contributed by atoms with E-state index < -0.39 is 0 Å². The van der Waals surface area contributed by atoms with Crippen molar-refractivity contribution >= 4 is 0 Å². The zero-order valence-electron chi connectivity index (χ0n) is 9.33. The fraction of sp³-hybridized carbons (Fsp3) is 0.429. The van der Waals surface area contributed by atoms with Gasteiger partial charge in [0.2, 0.25) is 0 Å². The van der Waals surface area contributed by atoms with E-state index in [9.17, 15) is 0 Å². The molecule has 0 bridgehead atoms. The van der Waals surface area contributed by atoms with Crippen LogP contribution in [-0.2, 0) is 6.42 Å². The lowest BCUT2D eigenvalue weighted by Crippen LogP contribution is -1.95. The second-order valence-electron chi connectivity index (χ2n) is 3.55. The molecule has 0 aliphatic carbocycles. The summed E-state index contributed by atoms with van der Waals surface area (Å²) in [6.07, 6.45) is 9.19. The minimum Gasteiger partial charge on any atom is -0.494 e. The highest BCUT2D eigenvalue weighted by molar-refractivity contribution is 5.28. The molecule has 0 fully saturated rings. The lowest BCUT2D eigenvalue weighted by molar-refractivity contribution is 0.317. The van der Waals surface area contributed by atoms with E-state index in [4.69, 9.17) is 11.2 Å². The summed E-state index contributed by atoms with van der Waals surface area (Å²) in [4.78, 5) is 0. The number of rotatable bonds is 6. The first-order valence-electron chi connectivity index (χ1n) is 5.52. The smallest absolute Gasteiger partial charge is 0.119 e. The third-order valence-corrected chi connectivity index (χ3v) is 2.16. The summed E-state index contributed by atoms with van der Waals surface area (Å²) in [5.41, 5.74) is 1.30. The van der Waals surface area contributed by atoms with Crippen molar-refractivity contribution in [3.8, 4) is 18.1 Å². The molecule has 0 spiro atoms. The molecule has 1 aromatic carbocycles. The molecule has 0 saturated heterocycles. The normalized spacial score (nSPS) is 9.60. The van der Waals surface area contributed by atoms with Gasteiger partial charge in [-0.1, -0.05) is 19.1 Å². The Labute approximate surface area is 92.5 Å². The standard InChI is InChI=1S/C14H18O/c1-3-5-6-8-13-9-7-10-14(12-13)15-11-4-2/h1,7,9-10,12H,4-6,8,11H2,2H3. The molecule has 1 nitrogen and oxygen atoms in total. The van der Waals surface area contributed by atoms with Crippen molar-refractivity contribution in [1.82, 2.24) is 0 Å². The van der Waals surface area contributed by atoms with Gasteiger partial charge in [-0.05, 0) is 37.0 Å². The van der Waals surface area contributed by atoms with Crippen LogP contribution in [0.15, 0.2) is 24.3 Å². The molecule has 0 unspecified atom stereocenters. The Balaban J connectivity index is 2.47. The molecule has 0 aliphatic heterocycles.